The third-order valence-corrected chi connectivity index (χ3v) is 4.41. The number of esters is 1. The first-order valence-corrected chi connectivity index (χ1v) is 7.91. The van der Waals surface area contributed by atoms with Crippen molar-refractivity contribution in [2.24, 2.45) is 0 Å². The molecular weight excluding hydrogens is 280 g/mol. The fourth-order valence-electron chi connectivity index (χ4n) is 1.71. The monoisotopic (exact) mass is 296 g/mol. The highest BCUT2D eigenvalue weighted by Gasteiger charge is 2.16. The van der Waals surface area contributed by atoms with Gasteiger partial charge in [0.05, 0.1) is 18.7 Å². The number of nitrogens with zero attached hydrogens (tertiary/aromatic N) is 1. The molecule has 102 valence electrons. The molecule has 0 aliphatic heterocycles. The van der Waals surface area contributed by atoms with Crippen molar-refractivity contribution in [3.8, 4) is 0 Å². The Kier molecular flexibility index (Phi) is 4.93. The van der Waals surface area contributed by atoms with Gasteiger partial charge < -0.3 is 10.1 Å². The zero-order valence-electron chi connectivity index (χ0n) is 10.9. The molecule has 2 aromatic rings. The van der Waals surface area contributed by atoms with E-state index in [1.54, 1.807) is 23.8 Å². The molecule has 6 heteroatoms. The smallest absolute Gasteiger partial charge is 0.360 e. The first-order valence-electron chi connectivity index (χ1n) is 6.16. The van der Waals surface area contributed by atoms with Crippen LogP contribution in [0.1, 0.15) is 34.8 Å². The van der Waals surface area contributed by atoms with Crippen LogP contribution in [0.25, 0.3) is 0 Å². The van der Waals surface area contributed by atoms with Gasteiger partial charge in [0.15, 0.2) is 5.69 Å². The molecule has 0 spiro atoms. The van der Waals surface area contributed by atoms with Gasteiger partial charge in [-0.05, 0) is 30.4 Å². The van der Waals surface area contributed by atoms with Gasteiger partial charge in [0.25, 0.3) is 0 Å². The minimum absolute atomic E-state index is 0.362. The standard InChI is InChI=1S/C13H16N2O2S2/c1-3-9-5-6-18-10(9)7-14-12-11(15-8-19-12)13(16)17-4-2/h5-6,8,14H,3-4,7H2,1-2H3. The molecule has 4 nitrogen and oxygen atoms in total. The molecule has 19 heavy (non-hydrogen) atoms. The summed E-state index contributed by atoms with van der Waals surface area (Å²) in [5.41, 5.74) is 3.38. The fraction of sp³-hybridized carbons (Fsp3) is 0.385. The van der Waals surface area contributed by atoms with Crippen LogP contribution in [0.3, 0.4) is 0 Å². The second-order valence-electron chi connectivity index (χ2n) is 3.83. The van der Waals surface area contributed by atoms with Crippen molar-refractivity contribution >= 4 is 33.6 Å². The fourth-order valence-corrected chi connectivity index (χ4v) is 3.30. The minimum atomic E-state index is -0.367. The Hall–Kier alpha value is -1.40. The van der Waals surface area contributed by atoms with Gasteiger partial charge in [0.2, 0.25) is 0 Å². The Morgan fingerprint density at radius 3 is 3.00 bits per heavy atom. The molecule has 0 aliphatic carbocycles. The lowest BCUT2D eigenvalue weighted by Crippen LogP contribution is -2.09. The molecule has 0 saturated heterocycles. The average molecular weight is 296 g/mol. The number of aromatic nitrogens is 1. The van der Waals surface area contributed by atoms with Crippen LogP contribution in [0.2, 0.25) is 0 Å². The van der Waals surface area contributed by atoms with Gasteiger partial charge in [-0.15, -0.1) is 22.7 Å². The highest BCUT2D eigenvalue weighted by atomic mass is 32.1. The van der Waals surface area contributed by atoms with Crippen LogP contribution in [0.5, 0.6) is 0 Å². The van der Waals surface area contributed by atoms with Crippen molar-refractivity contribution < 1.29 is 9.53 Å². The molecule has 2 aromatic heterocycles. The van der Waals surface area contributed by atoms with Crippen LogP contribution in [0.15, 0.2) is 17.0 Å². The van der Waals surface area contributed by atoms with E-state index in [1.165, 1.54) is 21.8 Å². The van der Waals surface area contributed by atoms with E-state index in [-0.39, 0.29) is 5.97 Å². The van der Waals surface area contributed by atoms with E-state index in [2.05, 4.69) is 28.7 Å². The Morgan fingerprint density at radius 2 is 2.26 bits per heavy atom. The average Bonchev–Trinajstić information content (AvgIpc) is 3.05. The van der Waals surface area contributed by atoms with Crippen molar-refractivity contribution in [3.05, 3.63) is 33.1 Å². The van der Waals surface area contributed by atoms with Crippen LogP contribution in [-0.2, 0) is 17.7 Å². The highest BCUT2D eigenvalue weighted by molar-refractivity contribution is 7.14. The van der Waals surface area contributed by atoms with E-state index in [9.17, 15) is 4.79 Å². The molecule has 2 heterocycles. The van der Waals surface area contributed by atoms with E-state index in [1.807, 2.05) is 0 Å². The first kappa shape index (κ1) is 14.0. The SMILES string of the molecule is CCOC(=O)c1ncsc1NCc1sccc1CC. The number of carbonyl (C=O) groups excluding carboxylic acids is 1. The Morgan fingerprint density at radius 1 is 1.42 bits per heavy atom. The van der Waals surface area contributed by atoms with Crippen LogP contribution < -0.4 is 5.32 Å². The Bertz CT molecular complexity index is 548. The van der Waals surface area contributed by atoms with Crippen LogP contribution in [0.4, 0.5) is 5.00 Å². The lowest BCUT2D eigenvalue weighted by atomic mass is 10.2. The number of carbonyl (C=O) groups is 1. The van der Waals surface area contributed by atoms with Gasteiger partial charge in [0.1, 0.15) is 5.00 Å². The Labute approximate surface area is 120 Å². The van der Waals surface area contributed by atoms with E-state index >= 15 is 0 Å². The topological polar surface area (TPSA) is 51.2 Å². The van der Waals surface area contributed by atoms with Crippen molar-refractivity contribution in [3.63, 3.8) is 0 Å². The van der Waals surface area contributed by atoms with Crippen LogP contribution in [0, 0.1) is 0 Å². The van der Waals surface area contributed by atoms with E-state index < -0.39 is 0 Å². The summed E-state index contributed by atoms with van der Waals surface area (Å²) in [7, 11) is 0. The number of anilines is 1. The highest BCUT2D eigenvalue weighted by Crippen LogP contribution is 2.24. The summed E-state index contributed by atoms with van der Waals surface area (Å²) < 4.78 is 4.98. The van der Waals surface area contributed by atoms with Gasteiger partial charge in [-0.3, -0.25) is 0 Å². The zero-order chi connectivity index (χ0) is 13.7. The van der Waals surface area contributed by atoms with E-state index in [0.717, 1.165) is 18.0 Å². The van der Waals surface area contributed by atoms with Crippen LogP contribution >= 0.6 is 22.7 Å². The number of rotatable bonds is 6. The summed E-state index contributed by atoms with van der Waals surface area (Å²) in [4.78, 5) is 17.1. The van der Waals surface area contributed by atoms with Crippen molar-refractivity contribution in [1.82, 2.24) is 4.98 Å². The molecule has 0 radical (unpaired) electrons. The summed E-state index contributed by atoms with van der Waals surface area (Å²) in [6, 6.07) is 2.14. The third-order valence-electron chi connectivity index (χ3n) is 2.66. The molecule has 0 atom stereocenters. The molecule has 2 rings (SSSR count). The largest absolute Gasteiger partial charge is 0.461 e. The summed E-state index contributed by atoms with van der Waals surface area (Å²) in [5.74, 6) is -0.367. The third kappa shape index (κ3) is 3.33. The maximum absolute atomic E-state index is 11.7. The normalized spacial score (nSPS) is 10.4. The molecule has 0 amide bonds. The molecule has 0 aromatic carbocycles. The van der Waals surface area contributed by atoms with Gasteiger partial charge in [-0.1, -0.05) is 6.92 Å². The predicted molar refractivity (Wildman–Crippen MR) is 79.1 cm³/mol. The lowest BCUT2D eigenvalue weighted by Gasteiger charge is -2.06. The van der Waals surface area contributed by atoms with Gasteiger partial charge in [-0.25, -0.2) is 9.78 Å². The molecule has 0 fully saturated rings. The number of aryl methyl sites for hydroxylation is 1. The molecular formula is C13H16N2O2S2. The number of hydrogen-bond acceptors (Lipinski definition) is 6. The maximum atomic E-state index is 11.7. The summed E-state index contributed by atoms with van der Waals surface area (Å²) >= 11 is 3.15. The molecule has 0 aliphatic rings. The number of ether oxygens (including phenoxy) is 1. The molecule has 0 bridgehead atoms. The van der Waals surface area contributed by atoms with E-state index in [4.69, 9.17) is 4.74 Å². The summed E-state index contributed by atoms with van der Waals surface area (Å²) in [6.07, 6.45) is 1.02. The quantitative estimate of drug-likeness (QED) is 0.828. The summed E-state index contributed by atoms with van der Waals surface area (Å²) in [6.45, 7) is 5.01. The second kappa shape index (κ2) is 6.68. The second-order valence-corrected chi connectivity index (χ2v) is 5.68. The Balaban J connectivity index is 2.04. The van der Waals surface area contributed by atoms with Gasteiger partial charge in [0, 0.05) is 4.88 Å². The first-order chi connectivity index (χ1) is 9.26. The number of thiazole rings is 1. The predicted octanol–water partition coefficient (Wildman–Crippen LogP) is 3.56. The van der Waals surface area contributed by atoms with Crippen molar-refractivity contribution in [2.45, 2.75) is 26.8 Å². The van der Waals surface area contributed by atoms with Crippen molar-refractivity contribution in [2.75, 3.05) is 11.9 Å². The van der Waals surface area contributed by atoms with E-state index in [0.29, 0.717) is 12.3 Å². The van der Waals surface area contributed by atoms with Gasteiger partial charge >= 0.3 is 5.97 Å². The molecule has 0 saturated carbocycles. The number of hydrogen-bond donors (Lipinski definition) is 1. The van der Waals surface area contributed by atoms with Gasteiger partial charge in [-0.2, -0.15) is 0 Å². The maximum Gasteiger partial charge on any atom is 0.360 e. The minimum Gasteiger partial charge on any atom is -0.461 e. The zero-order valence-corrected chi connectivity index (χ0v) is 12.6. The van der Waals surface area contributed by atoms with Crippen LogP contribution in [-0.4, -0.2) is 17.6 Å². The number of nitrogens with one attached hydrogen (secondary N) is 1. The molecule has 0 unspecified atom stereocenters. The molecule has 1 N–H and O–H groups in total. The lowest BCUT2D eigenvalue weighted by molar-refractivity contribution is 0.0521. The van der Waals surface area contributed by atoms with Crippen molar-refractivity contribution in [1.29, 1.82) is 0 Å². The summed E-state index contributed by atoms with van der Waals surface area (Å²) in [5, 5.41) is 6.14. The number of thiophene rings is 1.